The Hall–Kier alpha value is -5.77. The topological polar surface area (TPSA) is 137 Å². The van der Waals surface area contributed by atoms with E-state index in [2.05, 4.69) is 66.7 Å². The van der Waals surface area contributed by atoms with E-state index in [1.807, 2.05) is 102 Å². The van der Waals surface area contributed by atoms with E-state index in [1.165, 1.54) is 21.5 Å². The van der Waals surface area contributed by atoms with Gasteiger partial charge in [0.15, 0.2) is 38.0 Å². The van der Waals surface area contributed by atoms with E-state index in [0.29, 0.717) is 18.1 Å². The molecule has 0 radical (unpaired) electrons. The van der Waals surface area contributed by atoms with Crippen LogP contribution in [0.1, 0.15) is 47.1 Å². The third-order valence-electron chi connectivity index (χ3n) is 8.28. The molecule has 322 valence electrons. The number of carbonyl (C=O) groups excluding carboxylic acids is 2. The van der Waals surface area contributed by atoms with E-state index in [0.717, 1.165) is 26.0 Å². The number of alkyl halides is 3. The average Bonchev–Trinajstić information content (AvgIpc) is 3.17. The first-order valence-electron chi connectivity index (χ1n) is 18.8. The Morgan fingerprint density at radius 1 is 0.557 bits per heavy atom. The maximum atomic E-state index is 12.2. The number of esters is 2. The standard InChI is InChI=1S/C45H45O7S.CHF3O3S/c1-44(2,3)51-42(46)29-49-34-17-23-37(24-18-34)53(38-25-19-35(20-26-38)50-30-43(47)52-45(4,5)6)36-21-15-33(16-22-36)48-28-41-39-13-9-7-11-31(39)27-32-12-8-10-14-40(32)41;2-1(3,4)8(5,6)7/h7-27H,28-30H2,1-6H3;(H,5,6,7)/q+1;/p-1. The van der Waals surface area contributed by atoms with Crippen molar-refractivity contribution in [3.63, 3.8) is 0 Å². The maximum Gasteiger partial charge on any atom is 0.485 e. The van der Waals surface area contributed by atoms with Gasteiger partial charge in [0.1, 0.15) is 35.1 Å². The van der Waals surface area contributed by atoms with Crippen LogP contribution in [0.4, 0.5) is 13.2 Å². The van der Waals surface area contributed by atoms with Gasteiger partial charge in [-0.1, -0.05) is 48.5 Å². The molecule has 6 rings (SSSR count). The number of rotatable bonds is 12. The highest BCUT2D eigenvalue weighted by atomic mass is 32.2. The predicted octanol–water partition coefficient (Wildman–Crippen LogP) is 10.2. The van der Waals surface area contributed by atoms with Crippen LogP contribution in [0.5, 0.6) is 17.2 Å². The van der Waals surface area contributed by atoms with Gasteiger partial charge in [0, 0.05) is 5.56 Å². The lowest BCUT2D eigenvalue weighted by Crippen LogP contribution is -2.27. The molecule has 15 heteroatoms. The second-order valence-electron chi connectivity index (χ2n) is 15.5. The quantitative estimate of drug-likeness (QED) is 0.0384. The molecule has 0 unspecified atom stereocenters. The summed E-state index contributed by atoms with van der Waals surface area (Å²) in [6.45, 7) is 11.0. The molecule has 0 N–H and O–H groups in total. The maximum absolute atomic E-state index is 12.2. The third-order valence-corrected chi connectivity index (χ3v) is 11.1. The first kappa shape index (κ1) is 46.3. The molecule has 0 amide bonds. The van der Waals surface area contributed by atoms with Crippen molar-refractivity contribution in [3.05, 3.63) is 133 Å². The Morgan fingerprint density at radius 2 is 0.885 bits per heavy atom. The zero-order chi connectivity index (χ0) is 44.6. The highest BCUT2D eigenvalue weighted by Crippen LogP contribution is 2.35. The van der Waals surface area contributed by atoms with Gasteiger partial charge in [-0.2, -0.15) is 13.2 Å². The molecule has 6 aromatic carbocycles. The second kappa shape index (κ2) is 19.3. The van der Waals surface area contributed by atoms with E-state index < -0.39 is 49.7 Å². The lowest BCUT2D eigenvalue weighted by Gasteiger charge is -2.19. The van der Waals surface area contributed by atoms with E-state index in [9.17, 15) is 22.8 Å². The molecular formula is C46H45F3O10S2. The van der Waals surface area contributed by atoms with Gasteiger partial charge in [0.05, 0.1) is 10.9 Å². The monoisotopic (exact) mass is 878 g/mol. The van der Waals surface area contributed by atoms with Crippen LogP contribution in [-0.4, -0.2) is 54.8 Å². The molecule has 0 aliphatic carbocycles. The first-order chi connectivity index (χ1) is 28.6. The number of carbonyl (C=O) groups is 2. The van der Waals surface area contributed by atoms with Crippen LogP contribution in [0, 0.1) is 0 Å². The van der Waals surface area contributed by atoms with Crippen molar-refractivity contribution < 1.29 is 59.4 Å². The molecule has 0 atom stereocenters. The van der Waals surface area contributed by atoms with Crippen molar-refractivity contribution in [3.8, 4) is 17.2 Å². The first-order valence-corrected chi connectivity index (χ1v) is 21.5. The molecule has 0 bridgehead atoms. The van der Waals surface area contributed by atoms with Crippen molar-refractivity contribution in [1.29, 1.82) is 0 Å². The van der Waals surface area contributed by atoms with Crippen molar-refractivity contribution in [2.45, 2.75) is 79.5 Å². The van der Waals surface area contributed by atoms with Crippen molar-refractivity contribution in [2.75, 3.05) is 13.2 Å². The summed E-state index contributed by atoms with van der Waals surface area (Å²) >= 11 is 0. The average molecular weight is 879 g/mol. The van der Waals surface area contributed by atoms with Gasteiger partial charge in [0.25, 0.3) is 0 Å². The van der Waals surface area contributed by atoms with Crippen LogP contribution < -0.4 is 14.2 Å². The summed E-state index contributed by atoms with van der Waals surface area (Å²) in [5.74, 6) is 1.06. The van der Waals surface area contributed by atoms with Crippen LogP contribution in [-0.2, 0) is 46.7 Å². The minimum absolute atomic E-state index is 0.177. The van der Waals surface area contributed by atoms with E-state index >= 15 is 0 Å². The molecule has 0 saturated carbocycles. The summed E-state index contributed by atoms with van der Waals surface area (Å²) in [6.07, 6.45) is 0. The van der Waals surface area contributed by atoms with Gasteiger partial charge in [-0.15, -0.1) is 0 Å². The van der Waals surface area contributed by atoms with Crippen molar-refractivity contribution in [1.82, 2.24) is 0 Å². The fraction of sp³-hybridized carbons (Fsp3) is 0.261. The highest BCUT2D eigenvalue weighted by Gasteiger charge is 2.37. The van der Waals surface area contributed by atoms with Crippen LogP contribution in [0.3, 0.4) is 0 Å². The van der Waals surface area contributed by atoms with E-state index in [-0.39, 0.29) is 13.2 Å². The Kier molecular flexibility index (Phi) is 14.6. The van der Waals surface area contributed by atoms with Crippen LogP contribution in [0.15, 0.2) is 142 Å². The zero-order valence-electron chi connectivity index (χ0n) is 34.3. The summed E-state index contributed by atoms with van der Waals surface area (Å²) in [5.41, 5.74) is -5.65. The number of benzene rings is 6. The van der Waals surface area contributed by atoms with Gasteiger partial charge in [-0.3, -0.25) is 0 Å². The minimum atomic E-state index is -6.09. The largest absolute Gasteiger partial charge is 0.741 e. The molecule has 0 fully saturated rings. The molecule has 6 aromatic rings. The highest BCUT2D eigenvalue weighted by molar-refractivity contribution is 7.97. The number of ether oxygens (including phenoxy) is 5. The summed E-state index contributed by atoms with van der Waals surface area (Å²) in [4.78, 5) is 27.6. The minimum Gasteiger partial charge on any atom is -0.741 e. The zero-order valence-corrected chi connectivity index (χ0v) is 35.9. The molecule has 0 spiro atoms. The number of fused-ring (bicyclic) bond motifs is 2. The molecule has 0 aromatic heterocycles. The van der Waals surface area contributed by atoms with E-state index in [4.69, 9.17) is 36.7 Å². The molecule has 0 aliphatic heterocycles. The Morgan fingerprint density at radius 3 is 1.21 bits per heavy atom. The third kappa shape index (κ3) is 13.6. The van der Waals surface area contributed by atoms with Gasteiger partial charge in [-0.25, -0.2) is 18.0 Å². The lowest BCUT2D eigenvalue weighted by molar-refractivity contribution is -0.158. The fourth-order valence-electron chi connectivity index (χ4n) is 5.87. The molecule has 0 saturated heterocycles. The molecule has 61 heavy (non-hydrogen) atoms. The lowest BCUT2D eigenvalue weighted by atomic mass is 9.97. The van der Waals surface area contributed by atoms with E-state index in [1.54, 1.807) is 0 Å². The van der Waals surface area contributed by atoms with Crippen LogP contribution >= 0.6 is 0 Å². The summed E-state index contributed by atoms with van der Waals surface area (Å²) in [6, 6.07) is 42.8. The second-order valence-corrected chi connectivity index (χ2v) is 18.9. The summed E-state index contributed by atoms with van der Waals surface area (Å²) < 4.78 is 87.6. The number of hydrogen-bond donors (Lipinski definition) is 0. The summed E-state index contributed by atoms with van der Waals surface area (Å²) in [5, 5.41) is 4.74. The van der Waals surface area contributed by atoms with Gasteiger partial charge < -0.3 is 28.2 Å². The van der Waals surface area contributed by atoms with Gasteiger partial charge >= 0.3 is 17.4 Å². The smallest absolute Gasteiger partial charge is 0.485 e. The number of hydrogen-bond acceptors (Lipinski definition) is 10. The van der Waals surface area contributed by atoms with Gasteiger partial charge in [-0.05, 0) is 142 Å². The summed E-state index contributed by atoms with van der Waals surface area (Å²) in [7, 11) is -6.61. The Labute approximate surface area is 355 Å². The molecule has 0 aliphatic rings. The Bertz CT molecular complexity index is 2420. The number of halogens is 3. The SMILES string of the molecule is CC(C)(C)OC(=O)COc1ccc([S+](c2ccc(OCC(=O)OC(C)(C)C)cc2)c2ccc(OCc3c4ccccc4cc4ccccc34)cc2)cc1.O=S(=O)([O-])C(F)(F)F. The van der Waals surface area contributed by atoms with Gasteiger partial charge in [0.2, 0.25) is 0 Å². The molecular weight excluding hydrogens is 834 g/mol. The molecule has 0 heterocycles. The van der Waals surface area contributed by atoms with Crippen molar-refractivity contribution >= 4 is 54.5 Å². The van der Waals surface area contributed by atoms with Crippen LogP contribution in [0.2, 0.25) is 0 Å². The van der Waals surface area contributed by atoms with Crippen LogP contribution in [0.25, 0.3) is 21.5 Å². The Balaban J connectivity index is 0.000000800. The normalized spacial score (nSPS) is 12.0. The van der Waals surface area contributed by atoms with Crippen molar-refractivity contribution in [2.24, 2.45) is 0 Å². The predicted molar refractivity (Wildman–Crippen MR) is 226 cm³/mol. The fourth-order valence-corrected chi connectivity index (χ4v) is 7.91. The molecule has 10 nitrogen and oxygen atoms in total.